The number of ether oxygens (including phenoxy) is 1. The van der Waals surface area contributed by atoms with Crippen molar-refractivity contribution in [2.75, 3.05) is 24.6 Å². The Morgan fingerprint density at radius 2 is 1.82 bits per heavy atom. The Bertz CT molecular complexity index is 1130. The maximum absolute atomic E-state index is 14.5. The molecule has 9 heteroatoms. The molecule has 8 atom stereocenters. The molecule has 0 radical (unpaired) electrons. The number of aliphatic hydroxyl groups excluding tert-OH is 1. The number of fused-ring (bicyclic) bond motifs is 1. The summed E-state index contributed by atoms with van der Waals surface area (Å²) in [5.74, 6) is -2.49. The first kappa shape index (κ1) is 30.5. The van der Waals surface area contributed by atoms with E-state index in [1.54, 1.807) is 26.9 Å². The number of benzene rings is 1. The lowest BCUT2D eigenvalue weighted by molar-refractivity contribution is -0.153. The van der Waals surface area contributed by atoms with Crippen LogP contribution in [0.25, 0.3) is 0 Å². The average Bonchev–Trinajstić information content (AvgIpc) is 3.53. The Morgan fingerprint density at radius 3 is 2.38 bits per heavy atom. The van der Waals surface area contributed by atoms with Gasteiger partial charge in [-0.05, 0) is 38.3 Å². The van der Waals surface area contributed by atoms with Crippen LogP contribution in [0.2, 0.25) is 0 Å². The molecule has 2 bridgehead atoms. The highest BCUT2D eigenvalue weighted by Gasteiger charge is 2.77. The van der Waals surface area contributed by atoms with E-state index in [9.17, 15) is 19.5 Å². The minimum Gasteiger partial charge on any atom is -0.394 e. The van der Waals surface area contributed by atoms with Gasteiger partial charge in [0.2, 0.25) is 17.7 Å². The molecule has 3 amide bonds. The van der Waals surface area contributed by atoms with Gasteiger partial charge in [-0.1, -0.05) is 66.5 Å². The standard InChI is InChI=1S/C31H42BrN3O5/c1-7-15-33(19(4)5)30(39)27-31-17-22(32)26(40-31)24(25(31)29(38)35(27)23(18-36)20(6)9-3)28(37)34(16-8-2)21-13-11-10-12-14-21/h7-8,10-14,19-20,22-27,36H,1-2,9,15-18H2,3-6H3/t20-,22?,23-,24-,25-,26-,27?,31?/m0/s1. The van der Waals surface area contributed by atoms with Crippen LogP contribution in [-0.4, -0.2) is 87.0 Å². The minimum absolute atomic E-state index is 0.0703. The highest BCUT2D eigenvalue weighted by atomic mass is 79.9. The molecule has 40 heavy (non-hydrogen) atoms. The van der Waals surface area contributed by atoms with E-state index in [0.717, 1.165) is 0 Å². The number of nitrogens with zero attached hydrogens (tertiary/aromatic N) is 3. The zero-order chi connectivity index (χ0) is 29.4. The first-order chi connectivity index (χ1) is 19.1. The summed E-state index contributed by atoms with van der Waals surface area (Å²) in [5, 5.41) is 10.5. The first-order valence-corrected chi connectivity index (χ1v) is 15.1. The molecule has 1 spiro atoms. The van der Waals surface area contributed by atoms with E-state index < -0.39 is 35.6 Å². The van der Waals surface area contributed by atoms with E-state index >= 15 is 0 Å². The van der Waals surface area contributed by atoms with Gasteiger partial charge in [-0.25, -0.2) is 0 Å². The number of carbonyl (C=O) groups excluding carboxylic acids is 3. The van der Waals surface area contributed by atoms with E-state index in [4.69, 9.17) is 4.74 Å². The Balaban J connectivity index is 1.85. The highest BCUT2D eigenvalue weighted by molar-refractivity contribution is 9.09. The summed E-state index contributed by atoms with van der Waals surface area (Å²) in [6.45, 7) is 15.8. The number of para-hydroxylation sites is 1. The molecule has 218 valence electrons. The Hall–Kier alpha value is -2.49. The molecule has 1 N–H and O–H groups in total. The number of likely N-dealkylation sites (tertiary alicyclic amines) is 1. The number of rotatable bonds is 12. The second-order valence-electron chi connectivity index (χ2n) is 11.5. The number of halogens is 1. The molecule has 1 aromatic rings. The molecule has 8 nitrogen and oxygen atoms in total. The number of anilines is 1. The normalized spacial score (nSPS) is 30.2. The third kappa shape index (κ3) is 4.84. The molecule has 3 aliphatic heterocycles. The summed E-state index contributed by atoms with van der Waals surface area (Å²) >= 11 is 3.75. The maximum atomic E-state index is 14.5. The van der Waals surface area contributed by atoms with Gasteiger partial charge < -0.3 is 24.5 Å². The molecule has 3 aliphatic rings. The quantitative estimate of drug-likeness (QED) is 0.285. The van der Waals surface area contributed by atoms with E-state index in [0.29, 0.717) is 25.1 Å². The van der Waals surface area contributed by atoms with Crippen LogP contribution in [0.3, 0.4) is 0 Å². The lowest BCUT2D eigenvalue weighted by Crippen LogP contribution is -2.60. The SMILES string of the molecule is C=CCN(C(=O)[C@H]1[C@H]2C(=O)N([C@@H](CO)[C@@H](C)CC)C(C(=O)N(CC=C)C(C)C)C23CC(Br)[C@@H]1O3)c1ccccc1. The van der Waals surface area contributed by atoms with Gasteiger partial charge in [0.15, 0.2) is 0 Å². The molecule has 1 aromatic carbocycles. The van der Waals surface area contributed by atoms with Crippen molar-refractivity contribution in [1.29, 1.82) is 0 Å². The van der Waals surface area contributed by atoms with Crippen molar-refractivity contribution < 1.29 is 24.2 Å². The predicted octanol–water partition coefficient (Wildman–Crippen LogP) is 3.78. The molecular weight excluding hydrogens is 574 g/mol. The lowest BCUT2D eigenvalue weighted by atomic mass is 9.70. The van der Waals surface area contributed by atoms with Crippen LogP contribution in [0, 0.1) is 17.8 Å². The highest BCUT2D eigenvalue weighted by Crippen LogP contribution is 2.61. The fraction of sp³-hybridized carbons (Fsp3) is 0.581. The number of hydrogen-bond donors (Lipinski definition) is 1. The van der Waals surface area contributed by atoms with Gasteiger partial charge in [-0.15, -0.1) is 13.2 Å². The minimum atomic E-state index is -1.20. The van der Waals surface area contributed by atoms with Crippen molar-refractivity contribution in [3.8, 4) is 0 Å². The maximum Gasteiger partial charge on any atom is 0.248 e. The van der Waals surface area contributed by atoms with Gasteiger partial charge in [0.25, 0.3) is 0 Å². The molecule has 3 saturated heterocycles. The van der Waals surface area contributed by atoms with Crippen LogP contribution < -0.4 is 4.90 Å². The smallest absolute Gasteiger partial charge is 0.248 e. The van der Waals surface area contributed by atoms with Gasteiger partial charge in [0, 0.05) is 29.6 Å². The average molecular weight is 617 g/mol. The van der Waals surface area contributed by atoms with Crippen LogP contribution in [0.15, 0.2) is 55.6 Å². The fourth-order valence-electron chi connectivity index (χ4n) is 6.89. The van der Waals surface area contributed by atoms with E-state index in [1.165, 1.54) is 0 Å². The first-order valence-electron chi connectivity index (χ1n) is 14.2. The molecule has 3 unspecified atom stereocenters. The second kappa shape index (κ2) is 12.2. The monoisotopic (exact) mass is 615 g/mol. The van der Waals surface area contributed by atoms with Crippen molar-refractivity contribution in [3.63, 3.8) is 0 Å². The Labute approximate surface area is 246 Å². The zero-order valence-corrected chi connectivity index (χ0v) is 25.5. The van der Waals surface area contributed by atoms with Gasteiger partial charge in [0.1, 0.15) is 11.6 Å². The molecule has 3 fully saturated rings. The van der Waals surface area contributed by atoms with Crippen molar-refractivity contribution >= 4 is 39.3 Å². The molecule has 0 saturated carbocycles. The van der Waals surface area contributed by atoms with E-state index in [-0.39, 0.29) is 47.7 Å². The van der Waals surface area contributed by atoms with Crippen LogP contribution >= 0.6 is 15.9 Å². The number of amides is 3. The number of aliphatic hydroxyl groups is 1. The topological polar surface area (TPSA) is 90.4 Å². The predicted molar refractivity (Wildman–Crippen MR) is 159 cm³/mol. The summed E-state index contributed by atoms with van der Waals surface area (Å²) in [7, 11) is 0. The molecule has 0 aromatic heterocycles. The van der Waals surface area contributed by atoms with Crippen molar-refractivity contribution in [2.45, 2.75) is 75.2 Å². The number of carbonyl (C=O) groups is 3. The van der Waals surface area contributed by atoms with E-state index in [1.807, 2.05) is 58.0 Å². The summed E-state index contributed by atoms with van der Waals surface area (Å²) in [6.07, 6.45) is 3.89. The van der Waals surface area contributed by atoms with Gasteiger partial charge in [0.05, 0.1) is 30.6 Å². The van der Waals surface area contributed by atoms with Crippen LogP contribution in [-0.2, 0) is 19.1 Å². The summed E-state index contributed by atoms with van der Waals surface area (Å²) in [4.78, 5) is 48.0. The Kier molecular flexibility index (Phi) is 9.27. The zero-order valence-electron chi connectivity index (χ0n) is 23.9. The van der Waals surface area contributed by atoms with Crippen molar-refractivity contribution in [1.82, 2.24) is 9.80 Å². The summed E-state index contributed by atoms with van der Waals surface area (Å²) in [6, 6.07) is 7.61. The van der Waals surface area contributed by atoms with Gasteiger partial charge in [-0.3, -0.25) is 14.4 Å². The van der Waals surface area contributed by atoms with Crippen molar-refractivity contribution in [3.05, 3.63) is 55.6 Å². The summed E-state index contributed by atoms with van der Waals surface area (Å²) in [5.41, 5.74) is -0.492. The van der Waals surface area contributed by atoms with Gasteiger partial charge >= 0.3 is 0 Å². The lowest BCUT2D eigenvalue weighted by Gasteiger charge is -2.41. The van der Waals surface area contributed by atoms with Crippen molar-refractivity contribution in [2.24, 2.45) is 17.8 Å². The van der Waals surface area contributed by atoms with Crippen LogP contribution in [0.1, 0.15) is 40.5 Å². The summed E-state index contributed by atoms with van der Waals surface area (Å²) < 4.78 is 6.71. The largest absolute Gasteiger partial charge is 0.394 e. The molecular formula is C31H42BrN3O5. The molecule has 3 heterocycles. The van der Waals surface area contributed by atoms with Gasteiger partial charge in [-0.2, -0.15) is 0 Å². The third-order valence-electron chi connectivity index (χ3n) is 8.97. The number of alkyl halides is 1. The second-order valence-corrected chi connectivity index (χ2v) is 12.7. The van der Waals surface area contributed by atoms with Crippen LogP contribution in [0.4, 0.5) is 5.69 Å². The Morgan fingerprint density at radius 1 is 1.18 bits per heavy atom. The van der Waals surface area contributed by atoms with Crippen LogP contribution in [0.5, 0.6) is 0 Å². The fourth-order valence-corrected chi connectivity index (χ4v) is 7.83. The van der Waals surface area contributed by atoms with E-state index in [2.05, 4.69) is 29.1 Å². The number of hydrogen-bond acceptors (Lipinski definition) is 5. The molecule has 4 rings (SSSR count). The molecule has 0 aliphatic carbocycles. The third-order valence-corrected chi connectivity index (χ3v) is 9.81.